The summed E-state index contributed by atoms with van der Waals surface area (Å²) < 4.78 is 26.5. The Morgan fingerprint density at radius 3 is 2.10 bits per heavy atom. The highest BCUT2D eigenvalue weighted by Gasteiger charge is 2.17. The molecule has 0 unspecified atom stereocenters. The van der Waals surface area contributed by atoms with Gasteiger partial charge in [0.1, 0.15) is 4.90 Å². The predicted molar refractivity (Wildman–Crippen MR) is 72.2 cm³/mol. The minimum absolute atomic E-state index is 0.00327. The fourth-order valence-corrected chi connectivity index (χ4v) is 2.31. The van der Waals surface area contributed by atoms with Gasteiger partial charge in [-0.1, -0.05) is 0 Å². The van der Waals surface area contributed by atoms with Crippen molar-refractivity contribution in [3.05, 3.63) is 29.8 Å². The maximum Gasteiger partial charge on any atom is 0.267 e. The average molecular weight is 295 g/mol. The van der Waals surface area contributed by atoms with Crippen LogP contribution in [0.2, 0.25) is 0 Å². The topological polar surface area (TPSA) is 136 Å². The zero-order valence-electron chi connectivity index (χ0n) is 10.8. The number of nitrogens with two attached hydrogens (primary N) is 1. The standard InChI is InChI=1S/C10H13N7O2S/c1-6-3-7(2)15-10(14-6)17-20(18,19)8-4-12-9(16-11)13-5-8/h3-5H,11H2,1-2H3,(H,12,13,16)(H,14,15,17). The van der Waals surface area contributed by atoms with Gasteiger partial charge in [-0.25, -0.2) is 38.9 Å². The number of anilines is 2. The molecular formula is C10H13N7O2S. The van der Waals surface area contributed by atoms with Crippen LogP contribution in [0, 0.1) is 13.8 Å². The van der Waals surface area contributed by atoms with E-state index in [1.807, 2.05) is 0 Å². The van der Waals surface area contributed by atoms with Crippen LogP contribution < -0.4 is 16.0 Å². The summed E-state index contributed by atoms with van der Waals surface area (Å²) in [5.74, 6) is 5.23. The maximum absolute atomic E-state index is 12.1. The highest BCUT2D eigenvalue weighted by Crippen LogP contribution is 2.12. The van der Waals surface area contributed by atoms with E-state index >= 15 is 0 Å². The van der Waals surface area contributed by atoms with Crippen molar-refractivity contribution in [2.24, 2.45) is 5.84 Å². The number of sulfonamides is 1. The number of nitrogens with one attached hydrogen (secondary N) is 2. The SMILES string of the molecule is Cc1cc(C)nc(NS(=O)(=O)c2cnc(NN)nc2)n1. The molecule has 4 N–H and O–H groups in total. The maximum atomic E-state index is 12.1. The Balaban J connectivity index is 2.30. The highest BCUT2D eigenvalue weighted by atomic mass is 32.2. The molecule has 20 heavy (non-hydrogen) atoms. The Morgan fingerprint density at radius 2 is 1.60 bits per heavy atom. The Bertz CT molecular complexity index is 695. The molecule has 0 amide bonds. The van der Waals surface area contributed by atoms with E-state index < -0.39 is 10.0 Å². The second kappa shape index (κ2) is 5.35. The molecule has 0 aliphatic carbocycles. The second-order valence-corrected chi connectivity index (χ2v) is 5.65. The lowest BCUT2D eigenvalue weighted by molar-refractivity contribution is 0.600. The molecule has 0 aliphatic heterocycles. The Labute approximate surface area is 115 Å². The van der Waals surface area contributed by atoms with Crippen molar-refractivity contribution in [2.75, 3.05) is 10.1 Å². The third-order valence-corrected chi connectivity index (χ3v) is 3.56. The summed E-state index contributed by atoms with van der Waals surface area (Å²) >= 11 is 0. The molecule has 0 spiro atoms. The molecule has 2 aromatic heterocycles. The summed E-state index contributed by atoms with van der Waals surface area (Å²) in [7, 11) is -3.84. The lowest BCUT2D eigenvalue weighted by Crippen LogP contribution is -2.17. The molecule has 0 aromatic carbocycles. The van der Waals surface area contributed by atoms with Gasteiger partial charge in [0.25, 0.3) is 10.0 Å². The molecule has 2 aromatic rings. The summed E-state index contributed by atoms with van der Waals surface area (Å²) in [6.07, 6.45) is 2.26. The number of rotatable bonds is 4. The van der Waals surface area contributed by atoms with Crippen molar-refractivity contribution in [3.63, 3.8) is 0 Å². The van der Waals surface area contributed by atoms with Crippen LogP contribution in [0.4, 0.5) is 11.9 Å². The zero-order chi connectivity index (χ0) is 14.8. The molecule has 0 saturated carbocycles. The molecule has 9 nitrogen and oxygen atoms in total. The van der Waals surface area contributed by atoms with Crippen LogP contribution in [0.1, 0.15) is 11.4 Å². The molecule has 2 heterocycles. The van der Waals surface area contributed by atoms with Crippen LogP contribution >= 0.6 is 0 Å². The van der Waals surface area contributed by atoms with Gasteiger partial charge in [0.05, 0.1) is 12.4 Å². The van der Waals surface area contributed by atoms with E-state index in [0.717, 1.165) is 12.4 Å². The monoisotopic (exact) mass is 295 g/mol. The minimum Gasteiger partial charge on any atom is -0.292 e. The van der Waals surface area contributed by atoms with E-state index in [4.69, 9.17) is 5.84 Å². The first-order chi connectivity index (χ1) is 9.40. The summed E-state index contributed by atoms with van der Waals surface area (Å²) in [6, 6.07) is 1.74. The van der Waals surface area contributed by atoms with Gasteiger partial charge in [-0.2, -0.15) is 0 Å². The van der Waals surface area contributed by atoms with Gasteiger partial charge >= 0.3 is 0 Å². The first-order valence-corrected chi connectivity index (χ1v) is 7.03. The molecule has 106 valence electrons. The van der Waals surface area contributed by atoms with Gasteiger partial charge in [-0.05, 0) is 19.9 Å². The Kier molecular flexibility index (Phi) is 3.77. The smallest absolute Gasteiger partial charge is 0.267 e. The molecule has 0 atom stereocenters. The van der Waals surface area contributed by atoms with Crippen LogP contribution in [-0.2, 0) is 10.0 Å². The van der Waals surface area contributed by atoms with Crippen molar-refractivity contribution in [2.45, 2.75) is 18.7 Å². The molecule has 10 heteroatoms. The average Bonchev–Trinajstić information content (AvgIpc) is 2.37. The summed E-state index contributed by atoms with van der Waals surface area (Å²) in [4.78, 5) is 15.4. The fourth-order valence-electron chi connectivity index (χ4n) is 1.48. The summed E-state index contributed by atoms with van der Waals surface area (Å²) in [6.45, 7) is 3.49. The molecule has 0 radical (unpaired) electrons. The van der Waals surface area contributed by atoms with Gasteiger partial charge in [0.2, 0.25) is 11.9 Å². The number of aryl methyl sites for hydroxylation is 2. The Hall–Kier alpha value is -2.33. The van der Waals surface area contributed by atoms with E-state index in [1.54, 1.807) is 19.9 Å². The third kappa shape index (κ3) is 3.16. The molecule has 0 saturated heterocycles. The highest BCUT2D eigenvalue weighted by molar-refractivity contribution is 7.92. The second-order valence-electron chi connectivity index (χ2n) is 3.97. The van der Waals surface area contributed by atoms with E-state index in [-0.39, 0.29) is 16.8 Å². The molecule has 0 bridgehead atoms. The van der Waals surface area contributed by atoms with Crippen LogP contribution in [0.25, 0.3) is 0 Å². The zero-order valence-corrected chi connectivity index (χ0v) is 11.6. The van der Waals surface area contributed by atoms with Crippen molar-refractivity contribution in [3.8, 4) is 0 Å². The quantitative estimate of drug-likeness (QED) is 0.528. The van der Waals surface area contributed by atoms with Crippen molar-refractivity contribution >= 4 is 21.9 Å². The van der Waals surface area contributed by atoms with E-state index in [0.29, 0.717) is 11.4 Å². The van der Waals surface area contributed by atoms with Crippen LogP contribution in [0.3, 0.4) is 0 Å². The lowest BCUT2D eigenvalue weighted by atomic mass is 10.4. The normalized spacial score (nSPS) is 11.2. The van der Waals surface area contributed by atoms with Gasteiger partial charge in [0.15, 0.2) is 0 Å². The van der Waals surface area contributed by atoms with Gasteiger partial charge in [-0.3, -0.25) is 5.43 Å². The van der Waals surface area contributed by atoms with E-state index in [9.17, 15) is 8.42 Å². The molecule has 2 rings (SSSR count). The number of hydrogen-bond donors (Lipinski definition) is 3. The summed E-state index contributed by atoms with van der Waals surface area (Å²) in [5.41, 5.74) is 3.53. The number of nitrogen functional groups attached to an aromatic ring is 1. The van der Waals surface area contributed by atoms with Crippen molar-refractivity contribution in [1.29, 1.82) is 0 Å². The lowest BCUT2D eigenvalue weighted by Gasteiger charge is -2.07. The van der Waals surface area contributed by atoms with Crippen molar-refractivity contribution in [1.82, 2.24) is 19.9 Å². The predicted octanol–water partition coefficient (Wildman–Crippen LogP) is -0.0302. The van der Waals surface area contributed by atoms with Gasteiger partial charge < -0.3 is 0 Å². The first kappa shape index (κ1) is 14.1. The van der Waals surface area contributed by atoms with Crippen LogP contribution in [0.5, 0.6) is 0 Å². The molecule has 0 aliphatic rings. The van der Waals surface area contributed by atoms with Crippen LogP contribution in [-0.4, -0.2) is 28.4 Å². The number of aromatic nitrogens is 4. The van der Waals surface area contributed by atoms with E-state index in [1.165, 1.54) is 0 Å². The number of hydrogen-bond acceptors (Lipinski definition) is 8. The number of hydrazine groups is 1. The number of nitrogens with zero attached hydrogens (tertiary/aromatic N) is 4. The first-order valence-electron chi connectivity index (χ1n) is 5.54. The van der Waals surface area contributed by atoms with Gasteiger partial charge in [0, 0.05) is 11.4 Å². The van der Waals surface area contributed by atoms with Gasteiger partial charge in [-0.15, -0.1) is 0 Å². The third-order valence-electron chi connectivity index (χ3n) is 2.28. The largest absolute Gasteiger partial charge is 0.292 e. The minimum atomic E-state index is -3.84. The van der Waals surface area contributed by atoms with Crippen LogP contribution in [0.15, 0.2) is 23.4 Å². The van der Waals surface area contributed by atoms with Crippen molar-refractivity contribution < 1.29 is 8.42 Å². The van der Waals surface area contributed by atoms with E-state index in [2.05, 4.69) is 30.1 Å². The fraction of sp³-hybridized carbons (Fsp3) is 0.200. The Morgan fingerprint density at radius 1 is 1.05 bits per heavy atom. The molecule has 0 fully saturated rings. The summed E-state index contributed by atoms with van der Waals surface area (Å²) in [5, 5.41) is 0. The molecular weight excluding hydrogens is 282 g/mol.